The Labute approximate surface area is 103 Å². The fourth-order valence-electron chi connectivity index (χ4n) is 2.84. The van der Waals surface area contributed by atoms with Crippen LogP contribution in [0.5, 0.6) is 0 Å². The smallest absolute Gasteiger partial charge is 0.303 e. The van der Waals surface area contributed by atoms with Gasteiger partial charge in [0.1, 0.15) is 0 Å². The van der Waals surface area contributed by atoms with Gasteiger partial charge in [-0.05, 0) is 48.6 Å². The number of benzene rings is 1. The predicted octanol–water partition coefficient (Wildman–Crippen LogP) is 3.61. The van der Waals surface area contributed by atoms with Gasteiger partial charge < -0.3 is 5.11 Å². The Morgan fingerprint density at radius 1 is 1.29 bits per heavy atom. The van der Waals surface area contributed by atoms with E-state index in [-0.39, 0.29) is 0 Å². The van der Waals surface area contributed by atoms with Crippen molar-refractivity contribution in [1.29, 1.82) is 0 Å². The van der Waals surface area contributed by atoms with Crippen LogP contribution in [0, 0.1) is 5.92 Å². The highest BCUT2D eigenvalue weighted by molar-refractivity contribution is 5.67. The zero-order chi connectivity index (χ0) is 12.3. The molecule has 1 aromatic carbocycles. The molecular weight excluding hydrogens is 212 g/mol. The molecule has 0 aliphatic heterocycles. The number of hydrogen-bond donors (Lipinski definition) is 1. The number of carboxylic acids is 1. The van der Waals surface area contributed by atoms with Crippen molar-refractivity contribution in [2.45, 2.75) is 44.9 Å². The summed E-state index contributed by atoms with van der Waals surface area (Å²) in [6, 6.07) is 8.82. The van der Waals surface area contributed by atoms with Crippen LogP contribution in [0.4, 0.5) is 0 Å². The summed E-state index contributed by atoms with van der Waals surface area (Å²) in [6.07, 6.45) is 4.66. The quantitative estimate of drug-likeness (QED) is 0.861. The van der Waals surface area contributed by atoms with Crippen LogP contribution in [0.15, 0.2) is 24.3 Å². The van der Waals surface area contributed by atoms with Crippen LogP contribution in [-0.2, 0) is 11.2 Å². The molecule has 2 atom stereocenters. The van der Waals surface area contributed by atoms with Gasteiger partial charge in [0, 0.05) is 6.42 Å². The summed E-state index contributed by atoms with van der Waals surface area (Å²) in [6.45, 7) is 2.16. The predicted molar refractivity (Wildman–Crippen MR) is 68.2 cm³/mol. The first-order valence-electron chi connectivity index (χ1n) is 6.49. The lowest BCUT2D eigenvalue weighted by atomic mass is 9.94. The van der Waals surface area contributed by atoms with E-state index in [1.54, 1.807) is 0 Å². The van der Waals surface area contributed by atoms with E-state index in [0.717, 1.165) is 25.7 Å². The maximum absolute atomic E-state index is 10.7. The van der Waals surface area contributed by atoms with Crippen LogP contribution in [0.2, 0.25) is 0 Å². The number of aliphatic carboxylic acids is 1. The lowest BCUT2D eigenvalue weighted by Gasteiger charge is -2.11. The number of aryl methyl sites for hydroxylation is 1. The van der Waals surface area contributed by atoms with Crippen LogP contribution in [0.3, 0.4) is 0 Å². The van der Waals surface area contributed by atoms with Crippen molar-refractivity contribution in [2.75, 3.05) is 0 Å². The Morgan fingerprint density at radius 3 is 2.59 bits per heavy atom. The molecule has 0 radical (unpaired) electrons. The van der Waals surface area contributed by atoms with Crippen LogP contribution in [0.25, 0.3) is 0 Å². The number of hydrogen-bond acceptors (Lipinski definition) is 1. The molecule has 1 N–H and O–H groups in total. The molecular formula is C15H20O2. The minimum atomic E-state index is -0.656. The van der Waals surface area contributed by atoms with Crippen molar-refractivity contribution in [3.63, 3.8) is 0 Å². The minimum absolute atomic E-state index is 0.337. The van der Waals surface area contributed by atoms with Crippen molar-refractivity contribution in [2.24, 2.45) is 5.92 Å². The molecule has 1 aliphatic rings. The molecule has 0 bridgehead atoms. The molecule has 0 saturated heterocycles. The monoisotopic (exact) mass is 232 g/mol. The van der Waals surface area contributed by atoms with E-state index in [2.05, 4.69) is 31.2 Å². The molecule has 0 aromatic heterocycles. The van der Waals surface area contributed by atoms with E-state index in [0.29, 0.717) is 18.3 Å². The second kappa shape index (κ2) is 5.35. The van der Waals surface area contributed by atoms with E-state index in [1.807, 2.05) is 0 Å². The van der Waals surface area contributed by atoms with Gasteiger partial charge in [0.05, 0.1) is 0 Å². The SMILES string of the molecule is CCc1ccc(C2CCC(CC(=O)O)C2)cc1. The Kier molecular flexibility index (Phi) is 3.82. The standard InChI is InChI=1S/C15H20O2/c1-2-11-3-6-13(7-4-11)14-8-5-12(9-14)10-15(16)17/h3-4,6-7,12,14H,2,5,8-10H2,1H3,(H,16,17). The molecule has 0 heterocycles. The molecule has 2 unspecified atom stereocenters. The molecule has 2 rings (SSSR count). The van der Waals surface area contributed by atoms with Crippen LogP contribution in [-0.4, -0.2) is 11.1 Å². The van der Waals surface area contributed by atoms with Gasteiger partial charge in [-0.2, -0.15) is 0 Å². The Balaban J connectivity index is 1.97. The second-order valence-electron chi connectivity index (χ2n) is 5.07. The Bertz CT molecular complexity index is 380. The van der Waals surface area contributed by atoms with Crippen molar-refractivity contribution < 1.29 is 9.90 Å². The molecule has 2 nitrogen and oxygen atoms in total. The third-order valence-corrected chi connectivity index (χ3v) is 3.86. The summed E-state index contributed by atoms with van der Waals surface area (Å²) >= 11 is 0. The first-order valence-corrected chi connectivity index (χ1v) is 6.49. The summed E-state index contributed by atoms with van der Waals surface area (Å²) in [5.41, 5.74) is 2.75. The molecule has 1 fully saturated rings. The zero-order valence-corrected chi connectivity index (χ0v) is 10.4. The van der Waals surface area contributed by atoms with E-state index in [9.17, 15) is 4.79 Å². The minimum Gasteiger partial charge on any atom is -0.481 e. The normalized spacial score (nSPS) is 23.8. The Morgan fingerprint density at radius 2 is 2.00 bits per heavy atom. The summed E-state index contributed by atoms with van der Waals surface area (Å²) in [7, 11) is 0. The first kappa shape index (κ1) is 12.2. The van der Waals surface area contributed by atoms with Gasteiger partial charge in [0.2, 0.25) is 0 Å². The molecule has 2 heteroatoms. The average Bonchev–Trinajstić information content (AvgIpc) is 2.77. The van der Waals surface area contributed by atoms with E-state index in [1.165, 1.54) is 11.1 Å². The van der Waals surface area contributed by atoms with E-state index >= 15 is 0 Å². The van der Waals surface area contributed by atoms with Crippen LogP contribution >= 0.6 is 0 Å². The molecule has 0 amide bonds. The van der Waals surface area contributed by atoms with Gasteiger partial charge in [-0.1, -0.05) is 31.2 Å². The number of carbonyl (C=O) groups is 1. The maximum Gasteiger partial charge on any atom is 0.303 e. The highest BCUT2D eigenvalue weighted by atomic mass is 16.4. The van der Waals surface area contributed by atoms with Crippen molar-refractivity contribution >= 4 is 5.97 Å². The van der Waals surface area contributed by atoms with Gasteiger partial charge in [0.15, 0.2) is 0 Å². The van der Waals surface area contributed by atoms with E-state index < -0.39 is 5.97 Å². The van der Waals surface area contributed by atoms with Gasteiger partial charge >= 0.3 is 5.97 Å². The zero-order valence-electron chi connectivity index (χ0n) is 10.4. The average molecular weight is 232 g/mol. The summed E-state index contributed by atoms with van der Waals surface area (Å²) < 4.78 is 0. The lowest BCUT2D eigenvalue weighted by molar-refractivity contribution is -0.138. The largest absolute Gasteiger partial charge is 0.481 e. The van der Waals surface area contributed by atoms with Gasteiger partial charge in [-0.3, -0.25) is 4.79 Å². The molecule has 1 aliphatic carbocycles. The van der Waals surface area contributed by atoms with E-state index in [4.69, 9.17) is 5.11 Å². The van der Waals surface area contributed by atoms with Crippen LogP contribution < -0.4 is 0 Å². The van der Waals surface area contributed by atoms with Crippen molar-refractivity contribution in [1.82, 2.24) is 0 Å². The Hall–Kier alpha value is -1.31. The summed E-state index contributed by atoms with van der Waals surface area (Å²) in [4.78, 5) is 10.7. The fourth-order valence-corrected chi connectivity index (χ4v) is 2.84. The molecule has 0 spiro atoms. The summed E-state index contributed by atoms with van der Waals surface area (Å²) in [5.74, 6) is 0.297. The maximum atomic E-state index is 10.7. The molecule has 92 valence electrons. The summed E-state index contributed by atoms with van der Waals surface area (Å²) in [5, 5.41) is 8.80. The number of rotatable bonds is 4. The first-order chi connectivity index (χ1) is 8.19. The van der Waals surface area contributed by atoms with Crippen LogP contribution in [0.1, 0.15) is 49.7 Å². The van der Waals surface area contributed by atoms with Gasteiger partial charge in [-0.25, -0.2) is 0 Å². The van der Waals surface area contributed by atoms with Gasteiger partial charge in [-0.15, -0.1) is 0 Å². The molecule has 1 aromatic rings. The highest BCUT2D eigenvalue weighted by Gasteiger charge is 2.27. The molecule has 17 heavy (non-hydrogen) atoms. The van der Waals surface area contributed by atoms with Crippen molar-refractivity contribution in [3.8, 4) is 0 Å². The number of carboxylic acid groups (broad SMARTS) is 1. The third-order valence-electron chi connectivity index (χ3n) is 3.86. The fraction of sp³-hybridized carbons (Fsp3) is 0.533. The highest BCUT2D eigenvalue weighted by Crippen LogP contribution is 2.39. The second-order valence-corrected chi connectivity index (χ2v) is 5.07. The lowest BCUT2D eigenvalue weighted by Crippen LogP contribution is -2.04. The molecule has 1 saturated carbocycles. The topological polar surface area (TPSA) is 37.3 Å². The third kappa shape index (κ3) is 3.09. The van der Waals surface area contributed by atoms with Gasteiger partial charge in [0.25, 0.3) is 0 Å². The van der Waals surface area contributed by atoms with Crippen molar-refractivity contribution in [3.05, 3.63) is 35.4 Å².